The van der Waals surface area contributed by atoms with E-state index >= 15 is 0 Å². The third kappa shape index (κ3) is 2.00. The summed E-state index contributed by atoms with van der Waals surface area (Å²) in [5.74, 6) is 6.52. The molecule has 0 saturated heterocycles. The van der Waals surface area contributed by atoms with Crippen LogP contribution in [0.1, 0.15) is 50.2 Å². The van der Waals surface area contributed by atoms with Crippen molar-refractivity contribution in [2.45, 2.75) is 38.8 Å². The Morgan fingerprint density at radius 1 is 1.45 bits per heavy atom. The zero-order chi connectivity index (χ0) is 14.3. The quantitative estimate of drug-likeness (QED) is 0.848. The van der Waals surface area contributed by atoms with Crippen LogP contribution in [-0.2, 0) is 0 Å². The van der Waals surface area contributed by atoms with Gasteiger partial charge in [-0.25, -0.2) is 4.98 Å². The number of rotatable bonds is 2. The molecule has 2 N–H and O–H groups in total. The number of fused-ring (bicyclic) bond motifs is 1. The van der Waals surface area contributed by atoms with Crippen molar-refractivity contribution in [3.63, 3.8) is 0 Å². The van der Waals surface area contributed by atoms with Gasteiger partial charge in [0.2, 0.25) is 0 Å². The second kappa shape index (κ2) is 4.77. The van der Waals surface area contributed by atoms with E-state index in [1.54, 1.807) is 11.5 Å². The smallest absolute Gasteiger partial charge is 0.262 e. The fourth-order valence-electron chi connectivity index (χ4n) is 2.51. The molecule has 1 atom stereocenters. The van der Waals surface area contributed by atoms with Crippen molar-refractivity contribution >= 4 is 10.9 Å². The summed E-state index contributed by atoms with van der Waals surface area (Å²) in [6.07, 6.45) is 2.04. The molecule has 0 bridgehead atoms. The van der Waals surface area contributed by atoms with Crippen LogP contribution >= 0.6 is 0 Å². The highest BCUT2D eigenvalue weighted by atomic mass is 16.1. The highest BCUT2D eigenvalue weighted by Gasteiger charge is 2.29. The summed E-state index contributed by atoms with van der Waals surface area (Å²) >= 11 is 0. The first-order valence-electron chi connectivity index (χ1n) is 6.87. The summed E-state index contributed by atoms with van der Waals surface area (Å²) in [6.45, 7) is 3.63. The lowest BCUT2D eigenvalue weighted by Gasteiger charge is -2.15. The van der Waals surface area contributed by atoms with E-state index in [0.29, 0.717) is 16.7 Å². The topological polar surface area (TPSA) is 60.9 Å². The van der Waals surface area contributed by atoms with Gasteiger partial charge in [0.15, 0.2) is 0 Å². The third-order valence-corrected chi connectivity index (χ3v) is 3.54. The molecule has 0 aliphatic heterocycles. The molecule has 1 aliphatic rings. The Morgan fingerprint density at radius 2 is 2.20 bits per heavy atom. The van der Waals surface area contributed by atoms with Crippen molar-refractivity contribution in [2.75, 3.05) is 0 Å². The number of benzene rings is 1. The first kappa shape index (κ1) is 12.9. The lowest BCUT2D eigenvalue weighted by Crippen LogP contribution is -2.28. The molecule has 1 heterocycles. The largest absolute Gasteiger partial charge is 0.322 e. The summed E-state index contributed by atoms with van der Waals surface area (Å²) in [4.78, 5) is 17.4. The molecule has 1 aromatic carbocycles. The van der Waals surface area contributed by atoms with Gasteiger partial charge in [0, 0.05) is 11.6 Å². The van der Waals surface area contributed by atoms with Gasteiger partial charge in [-0.2, -0.15) is 0 Å². The van der Waals surface area contributed by atoms with E-state index in [4.69, 9.17) is 5.73 Å². The second-order valence-electron chi connectivity index (χ2n) is 5.24. The average molecular weight is 267 g/mol. The molecule has 1 aromatic heterocycles. The Morgan fingerprint density at radius 3 is 2.80 bits per heavy atom. The van der Waals surface area contributed by atoms with Crippen LogP contribution in [-0.4, -0.2) is 9.55 Å². The van der Waals surface area contributed by atoms with Crippen LogP contribution in [0, 0.1) is 11.8 Å². The maximum atomic E-state index is 12.8. The minimum absolute atomic E-state index is 0.0110. The lowest BCUT2D eigenvalue weighted by molar-refractivity contribution is 0.593. The second-order valence-corrected chi connectivity index (χ2v) is 5.24. The van der Waals surface area contributed by atoms with Crippen LogP contribution in [0.25, 0.3) is 10.9 Å². The number of nitrogens with zero attached hydrogens (tertiary/aromatic N) is 2. The molecule has 2 aromatic rings. The fourth-order valence-corrected chi connectivity index (χ4v) is 2.51. The Bertz CT molecular complexity index is 789. The van der Waals surface area contributed by atoms with Gasteiger partial charge in [0.05, 0.1) is 16.9 Å². The molecule has 1 fully saturated rings. The monoisotopic (exact) mass is 267 g/mol. The van der Waals surface area contributed by atoms with Gasteiger partial charge in [-0.3, -0.25) is 9.36 Å². The highest BCUT2D eigenvalue weighted by Crippen LogP contribution is 2.35. The van der Waals surface area contributed by atoms with Crippen LogP contribution in [0.15, 0.2) is 23.0 Å². The molecule has 1 aliphatic carbocycles. The average Bonchev–Trinajstić information content (AvgIpc) is 3.23. The Balaban J connectivity index is 2.42. The Kier molecular flexibility index (Phi) is 3.07. The first-order chi connectivity index (χ1) is 9.63. The van der Waals surface area contributed by atoms with E-state index in [1.165, 1.54) is 0 Å². The lowest BCUT2D eigenvalue weighted by atomic mass is 10.1. The molecule has 1 saturated carbocycles. The molecule has 0 radical (unpaired) electrons. The van der Waals surface area contributed by atoms with Crippen molar-refractivity contribution in [1.82, 2.24) is 9.55 Å². The predicted molar refractivity (Wildman–Crippen MR) is 79.4 cm³/mol. The van der Waals surface area contributed by atoms with Crippen LogP contribution in [0.4, 0.5) is 0 Å². The summed E-state index contributed by atoms with van der Waals surface area (Å²) in [6, 6.07) is 5.59. The van der Waals surface area contributed by atoms with E-state index in [2.05, 4.69) is 16.8 Å². The molecule has 0 spiro atoms. The summed E-state index contributed by atoms with van der Waals surface area (Å²) in [7, 11) is 0. The van der Waals surface area contributed by atoms with E-state index in [0.717, 1.165) is 18.4 Å². The van der Waals surface area contributed by atoms with Gasteiger partial charge in [-0.05, 0) is 38.8 Å². The van der Waals surface area contributed by atoms with Crippen molar-refractivity contribution < 1.29 is 0 Å². The molecule has 4 nitrogen and oxygen atoms in total. The van der Waals surface area contributed by atoms with Gasteiger partial charge in [-0.1, -0.05) is 12.0 Å². The SMILES string of the molecule is CC#Cc1cccc2nc(C(C)N)n(C3CC3)c(=O)c12. The third-order valence-electron chi connectivity index (χ3n) is 3.54. The summed E-state index contributed by atoms with van der Waals surface area (Å²) in [5, 5.41) is 0.609. The number of aromatic nitrogens is 2. The van der Waals surface area contributed by atoms with Crippen LogP contribution in [0.3, 0.4) is 0 Å². The van der Waals surface area contributed by atoms with Crippen molar-refractivity contribution in [1.29, 1.82) is 0 Å². The first-order valence-corrected chi connectivity index (χ1v) is 6.87. The molecule has 1 unspecified atom stereocenters. The van der Waals surface area contributed by atoms with Gasteiger partial charge in [0.1, 0.15) is 5.82 Å². The van der Waals surface area contributed by atoms with Crippen LogP contribution < -0.4 is 11.3 Å². The molecule has 3 rings (SSSR count). The van der Waals surface area contributed by atoms with Crippen LogP contribution in [0.5, 0.6) is 0 Å². The molecule has 20 heavy (non-hydrogen) atoms. The number of hydrogen-bond acceptors (Lipinski definition) is 3. The Labute approximate surface area is 117 Å². The van der Waals surface area contributed by atoms with Gasteiger partial charge < -0.3 is 5.73 Å². The van der Waals surface area contributed by atoms with E-state index in [1.807, 2.05) is 25.1 Å². The molecular formula is C16H17N3O. The van der Waals surface area contributed by atoms with Gasteiger partial charge in [0.25, 0.3) is 5.56 Å². The number of nitrogens with two attached hydrogens (primary N) is 1. The summed E-state index contributed by atoms with van der Waals surface area (Å²) in [5.41, 5.74) is 7.40. The maximum Gasteiger partial charge on any atom is 0.262 e. The van der Waals surface area contributed by atoms with E-state index in [-0.39, 0.29) is 17.6 Å². The summed E-state index contributed by atoms with van der Waals surface area (Å²) < 4.78 is 1.77. The van der Waals surface area contributed by atoms with Crippen molar-refractivity contribution in [2.24, 2.45) is 5.73 Å². The van der Waals surface area contributed by atoms with Gasteiger partial charge >= 0.3 is 0 Å². The molecule has 102 valence electrons. The zero-order valence-corrected chi connectivity index (χ0v) is 11.7. The van der Waals surface area contributed by atoms with Gasteiger partial charge in [-0.15, -0.1) is 5.92 Å². The van der Waals surface area contributed by atoms with Crippen LogP contribution in [0.2, 0.25) is 0 Å². The Hall–Kier alpha value is -2.12. The molecular weight excluding hydrogens is 250 g/mol. The molecule has 0 amide bonds. The standard InChI is InChI=1S/C16H17N3O/c1-3-5-11-6-4-7-13-14(11)16(20)19(12-8-9-12)15(18-13)10(2)17/h4,6-7,10,12H,8-9,17H2,1-2H3. The fraction of sp³-hybridized carbons (Fsp3) is 0.375. The zero-order valence-electron chi connectivity index (χ0n) is 11.7. The minimum atomic E-state index is -0.256. The normalized spacial score (nSPS) is 15.8. The van der Waals surface area contributed by atoms with Crippen molar-refractivity contribution in [3.05, 3.63) is 39.9 Å². The highest BCUT2D eigenvalue weighted by molar-refractivity contribution is 5.84. The predicted octanol–water partition coefficient (Wildman–Crippen LogP) is 2.12. The van der Waals surface area contributed by atoms with E-state index < -0.39 is 0 Å². The maximum absolute atomic E-state index is 12.8. The molecule has 4 heteroatoms. The minimum Gasteiger partial charge on any atom is -0.322 e. The van der Waals surface area contributed by atoms with Crippen molar-refractivity contribution in [3.8, 4) is 11.8 Å². The van der Waals surface area contributed by atoms with E-state index in [9.17, 15) is 4.79 Å². The number of hydrogen-bond donors (Lipinski definition) is 1.